The Bertz CT molecular complexity index is 808. The molecule has 2 aromatic carbocycles. The van der Waals surface area contributed by atoms with Gasteiger partial charge in [-0.15, -0.1) is 0 Å². The number of ether oxygens (including phenoxy) is 1. The van der Waals surface area contributed by atoms with Gasteiger partial charge in [0.15, 0.2) is 5.11 Å². The first-order chi connectivity index (χ1) is 12.0. The number of thiocarbonyl (C=S) groups is 1. The zero-order valence-corrected chi connectivity index (χ0v) is 15.2. The highest BCUT2D eigenvalue weighted by molar-refractivity contribution is 7.80. The molecule has 1 atom stereocenters. The van der Waals surface area contributed by atoms with Crippen molar-refractivity contribution in [2.75, 3.05) is 5.32 Å². The van der Waals surface area contributed by atoms with E-state index >= 15 is 0 Å². The second kappa shape index (κ2) is 7.12. The van der Waals surface area contributed by atoms with Gasteiger partial charge in [0, 0.05) is 17.7 Å². The van der Waals surface area contributed by atoms with E-state index in [1.165, 1.54) is 0 Å². The summed E-state index contributed by atoms with van der Waals surface area (Å²) in [5.41, 5.74) is 2.77. The Kier molecular flexibility index (Phi) is 4.91. The molecule has 1 aliphatic heterocycles. The fourth-order valence-corrected chi connectivity index (χ4v) is 3.31. The van der Waals surface area contributed by atoms with E-state index in [1.807, 2.05) is 42.5 Å². The molecule has 4 nitrogen and oxygen atoms in total. The number of anilines is 1. The lowest BCUT2D eigenvalue weighted by atomic mass is 9.90. The molecule has 0 saturated heterocycles. The summed E-state index contributed by atoms with van der Waals surface area (Å²) in [4.78, 5) is 0. The van der Waals surface area contributed by atoms with Crippen molar-refractivity contribution in [2.24, 2.45) is 0 Å². The Morgan fingerprint density at radius 2 is 1.96 bits per heavy atom. The number of hydrogen-bond acceptors (Lipinski definition) is 3. The number of nitrogens with one attached hydrogen (secondary N) is 2. The van der Waals surface area contributed by atoms with Gasteiger partial charge in [-0.1, -0.05) is 30.3 Å². The van der Waals surface area contributed by atoms with Crippen LogP contribution in [0.3, 0.4) is 0 Å². The molecule has 2 N–H and O–H groups in total. The monoisotopic (exact) mass is 351 g/mol. The Morgan fingerprint density at radius 1 is 1.24 bits per heavy atom. The van der Waals surface area contributed by atoms with Crippen LogP contribution in [0.5, 0.6) is 5.75 Å². The van der Waals surface area contributed by atoms with E-state index in [4.69, 9.17) is 22.2 Å². The van der Waals surface area contributed by atoms with Gasteiger partial charge < -0.3 is 15.4 Å². The smallest absolute Gasteiger partial charge is 0.171 e. The van der Waals surface area contributed by atoms with Crippen LogP contribution in [0.2, 0.25) is 0 Å². The van der Waals surface area contributed by atoms with Crippen LogP contribution in [0.1, 0.15) is 37.4 Å². The lowest BCUT2D eigenvalue weighted by Crippen LogP contribution is -2.42. The predicted octanol–water partition coefficient (Wildman–Crippen LogP) is 4.34. The summed E-state index contributed by atoms with van der Waals surface area (Å²) >= 11 is 5.49. The average molecular weight is 351 g/mol. The van der Waals surface area contributed by atoms with Crippen LogP contribution in [-0.2, 0) is 6.42 Å². The molecule has 2 aromatic rings. The second-order valence-electron chi connectivity index (χ2n) is 6.79. The summed E-state index contributed by atoms with van der Waals surface area (Å²) in [6.45, 7) is 4.17. The minimum atomic E-state index is -0.249. The standard InChI is InChI=1S/C20H21N3OS/c1-20(2)13-17(16-5-3-4-6-18(16)24-20)23-19(25)22-15-9-7-14(8-10-15)11-12-21/h3-10,17H,11,13H2,1-2H3,(H2,22,23,25)/t17-/m0/s1. The Hall–Kier alpha value is -2.58. The lowest BCUT2D eigenvalue weighted by Gasteiger charge is -2.38. The first kappa shape index (κ1) is 17.2. The van der Waals surface area contributed by atoms with Gasteiger partial charge in [-0.2, -0.15) is 5.26 Å². The topological polar surface area (TPSA) is 57.1 Å². The number of para-hydroxylation sites is 1. The Balaban J connectivity index is 1.69. The number of fused-ring (bicyclic) bond motifs is 1. The summed E-state index contributed by atoms with van der Waals surface area (Å²) in [5.74, 6) is 0.903. The van der Waals surface area contributed by atoms with Crippen LogP contribution in [0.15, 0.2) is 48.5 Å². The molecule has 1 aliphatic rings. The fraction of sp³-hybridized carbons (Fsp3) is 0.300. The molecule has 0 radical (unpaired) electrons. The summed E-state index contributed by atoms with van der Waals surface area (Å²) in [7, 11) is 0. The second-order valence-corrected chi connectivity index (χ2v) is 7.19. The van der Waals surface area contributed by atoms with Gasteiger partial charge in [0.25, 0.3) is 0 Å². The molecule has 0 unspecified atom stereocenters. The van der Waals surface area contributed by atoms with Crippen LogP contribution >= 0.6 is 12.2 Å². The van der Waals surface area contributed by atoms with Crippen molar-refractivity contribution in [1.82, 2.24) is 5.32 Å². The molecule has 25 heavy (non-hydrogen) atoms. The molecule has 0 bridgehead atoms. The molecule has 1 heterocycles. The third-order valence-corrected chi connectivity index (χ3v) is 4.40. The average Bonchev–Trinajstić information content (AvgIpc) is 2.56. The van der Waals surface area contributed by atoms with E-state index < -0.39 is 0 Å². The Labute approximate surface area is 153 Å². The van der Waals surface area contributed by atoms with Gasteiger partial charge in [0.2, 0.25) is 0 Å². The SMILES string of the molecule is CC1(C)C[C@H](NC(=S)Nc2ccc(CC#N)cc2)c2ccccc2O1. The highest BCUT2D eigenvalue weighted by Crippen LogP contribution is 2.39. The van der Waals surface area contributed by atoms with Crippen molar-refractivity contribution in [3.05, 3.63) is 59.7 Å². The van der Waals surface area contributed by atoms with Crippen molar-refractivity contribution in [3.8, 4) is 11.8 Å². The minimum absolute atomic E-state index is 0.0952. The van der Waals surface area contributed by atoms with Crippen molar-refractivity contribution in [3.63, 3.8) is 0 Å². The van der Waals surface area contributed by atoms with Gasteiger partial charge in [-0.3, -0.25) is 0 Å². The fourth-order valence-electron chi connectivity index (χ4n) is 3.05. The summed E-state index contributed by atoms with van der Waals surface area (Å²) < 4.78 is 6.06. The molecule has 3 rings (SSSR count). The summed E-state index contributed by atoms with van der Waals surface area (Å²) in [6.07, 6.45) is 1.24. The van der Waals surface area contributed by atoms with Gasteiger partial charge in [0.05, 0.1) is 18.5 Å². The molecule has 0 aliphatic carbocycles. The molecule has 5 heteroatoms. The number of rotatable bonds is 3. The van der Waals surface area contributed by atoms with Crippen LogP contribution in [-0.4, -0.2) is 10.7 Å². The van der Waals surface area contributed by atoms with Crippen LogP contribution in [0, 0.1) is 11.3 Å². The normalized spacial score (nSPS) is 17.6. The van der Waals surface area contributed by atoms with E-state index in [2.05, 4.69) is 36.6 Å². The maximum atomic E-state index is 8.73. The molecule has 0 fully saturated rings. The van der Waals surface area contributed by atoms with E-state index in [-0.39, 0.29) is 11.6 Å². The zero-order chi connectivity index (χ0) is 17.9. The van der Waals surface area contributed by atoms with E-state index in [0.717, 1.165) is 29.0 Å². The van der Waals surface area contributed by atoms with Gasteiger partial charge in [-0.05, 0) is 49.8 Å². The van der Waals surface area contributed by atoms with Crippen molar-refractivity contribution in [1.29, 1.82) is 5.26 Å². The third kappa shape index (κ3) is 4.28. The third-order valence-electron chi connectivity index (χ3n) is 4.18. The molecule has 0 spiro atoms. The number of nitriles is 1. The maximum Gasteiger partial charge on any atom is 0.171 e. The maximum absolute atomic E-state index is 8.73. The van der Waals surface area contributed by atoms with E-state index in [1.54, 1.807) is 0 Å². The molecular weight excluding hydrogens is 330 g/mol. The number of hydrogen-bond donors (Lipinski definition) is 2. The van der Waals surface area contributed by atoms with Crippen molar-refractivity contribution >= 4 is 23.0 Å². The lowest BCUT2D eigenvalue weighted by molar-refractivity contribution is 0.0697. The number of benzene rings is 2. The van der Waals surface area contributed by atoms with E-state index in [9.17, 15) is 0 Å². The largest absolute Gasteiger partial charge is 0.487 e. The zero-order valence-electron chi connectivity index (χ0n) is 14.4. The van der Waals surface area contributed by atoms with E-state index in [0.29, 0.717) is 11.5 Å². The van der Waals surface area contributed by atoms with Gasteiger partial charge >= 0.3 is 0 Å². The number of nitrogens with zero attached hydrogens (tertiary/aromatic N) is 1. The van der Waals surface area contributed by atoms with Gasteiger partial charge in [-0.25, -0.2) is 0 Å². The summed E-state index contributed by atoms with van der Waals surface area (Å²) in [5, 5.41) is 15.9. The van der Waals surface area contributed by atoms with Crippen LogP contribution in [0.25, 0.3) is 0 Å². The first-order valence-corrected chi connectivity index (χ1v) is 8.69. The molecular formula is C20H21N3OS. The molecule has 0 amide bonds. The van der Waals surface area contributed by atoms with Crippen molar-refractivity contribution < 1.29 is 4.74 Å². The first-order valence-electron chi connectivity index (χ1n) is 8.28. The van der Waals surface area contributed by atoms with Crippen LogP contribution in [0.4, 0.5) is 5.69 Å². The van der Waals surface area contributed by atoms with Gasteiger partial charge in [0.1, 0.15) is 11.4 Å². The molecule has 0 aromatic heterocycles. The predicted molar refractivity (Wildman–Crippen MR) is 104 cm³/mol. The minimum Gasteiger partial charge on any atom is -0.487 e. The highest BCUT2D eigenvalue weighted by Gasteiger charge is 2.33. The quantitative estimate of drug-likeness (QED) is 0.806. The molecule has 128 valence electrons. The highest BCUT2D eigenvalue weighted by atomic mass is 32.1. The van der Waals surface area contributed by atoms with Crippen molar-refractivity contribution in [2.45, 2.75) is 38.3 Å². The van der Waals surface area contributed by atoms with Crippen LogP contribution < -0.4 is 15.4 Å². The Morgan fingerprint density at radius 3 is 2.68 bits per heavy atom. The molecule has 0 saturated carbocycles. The summed E-state index contributed by atoms with van der Waals surface area (Å²) in [6, 6.07) is 18.0.